The minimum atomic E-state index is 0.800. The maximum Gasteiger partial charge on any atom is 0.127 e. The highest BCUT2D eigenvalue weighted by atomic mass is 16.5. The highest BCUT2D eigenvalue weighted by Gasteiger charge is 1.98. The number of hydrogen-bond donors (Lipinski definition) is 0. The third-order valence-electron chi connectivity index (χ3n) is 2.68. The predicted molar refractivity (Wildman–Crippen MR) is 94.1 cm³/mol. The van der Waals surface area contributed by atoms with Crippen LogP contribution in [0.3, 0.4) is 0 Å². The van der Waals surface area contributed by atoms with Crippen LogP contribution in [0.5, 0.6) is 11.5 Å². The van der Waals surface area contributed by atoms with E-state index in [1.807, 2.05) is 62.4 Å². The first-order valence-corrected chi connectivity index (χ1v) is 7.46. The molecule has 2 heteroatoms. The molecule has 0 aliphatic carbocycles. The molecule has 0 heterocycles. The van der Waals surface area contributed by atoms with Gasteiger partial charge in [0.2, 0.25) is 0 Å². The SMILES string of the molecule is CC(C)=CC=C(C)Oc1ccc(OC(C)=CC=C(C)C)cc1. The van der Waals surface area contributed by atoms with Crippen molar-refractivity contribution >= 4 is 0 Å². The Kier molecular flexibility index (Phi) is 7.24. The number of benzene rings is 1. The second-order valence-electron chi connectivity index (χ2n) is 5.72. The fourth-order valence-corrected chi connectivity index (χ4v) is 1.58. The van der Waals surface area contributed by atoms with Crippen molar-refractivity contribution in [3.63, 3.8) is 0 Å². The Morgan fingerprint density at radius 2 is 0.909 bits per heavy atom. The van der Waals surface area contributed by atoms with Crippen molar-refractivity contribution in [2.45, 2.75) is 41.5 Å². The normalized spacial score (nSPS) is 11.7. The van der Waals surface area contributed by atoms with Crippen LogP contribution in [0.2, 0.25) is 0 Å². The van der Waals surface area contributed by atoms with Gasteiger partial charge in [-0.3, -0.25) is 0 Å². The molecule has 0 fully saturated rings. The largest absolute Gasteiger partial charge is 0.462 e. The van der Waals surface area contributed by atoms with E-state index in [2.05, 4.69) is 27.7 Å². The summed E-state index contributed by atoms with van der Waals surface area (Å²) in [5.41, 5.74) is 2.48. The standard InChI is InChI=1S/C20H26O2/c1-15(2)7-9-17(5)21-19-11-13-20(14-12-19)22-18(6)10-8-16(3)4/h7-14H,1-6H3. The molecule has 2 nitrogen and oxygen atoms in total. The van der Waals surface area contributed by atoms with Crippen molar-refractivity contribution in [2.75, 3.05) is 0 Å². The van der Waals surface area contributed by atoms with Crippen LogP contribution in [0.25, 0.3) is 0 Å². The van der Waals surface area contributed by atoms with Crippen molar-refractivity contribution in [1.29, 1.82) is 0 Å². The van der Waals surface area contributed by atoms with Gasteiger partial charge in [-0.1, -0.05) is 23.3 Å². The average molecular weight is 298 g/mol. The van der Waals surface area contributed by atoms with Gasteiger partial charge in [0, 0.05) is 0 Å². The van der Waals surface area contributed by atoms with Crippen LogP contribution in [0.4, 0.5) is 0 Å². The van der Waals surface area contributed by atoms with Crippen LogP contribution in [0.15, 0.2) is 71.2 Å². The van der Waals surface area contributed by atoms with Crippen molar-refractivity contribution in [1.82, 2.24) is 0 Å². The molecule has 1 aromatic carbocycles. The van der Waals surface area contributed by atoms with Crippen LogP contribution in [-0.2, 0) is 0 Å². The van der Waals surface area contributed by atoms with Crippen molar-refractivity contribution in [3.8, 4) is 11.5 Å². The topological polar surface area (TPSA) is 18.5 Å². The highest BCUT2D eigenvalue weighted by molar-refractivity contribution is 5.33. The van der Waals surface area contributed by atoms with E-state index in [0.717, 1.165) is 23.0 Å². The minimum Gasteiger partial charge on any atom is -0.462 e. The molecule has 0 spiro atoms. The van der Waals surface area contributed by atoms with Crippen LogP contribution in [0.1, 0.15) is 41.5 Å². The van der Waals surface area contributed by atoms with Crippen LogP contribution < -0.4 is 9.47 Å². The first-order valence-electron chi connectivity index (χ1n) is 7.46. The maximum absolute atomic E-state index is 5.74. The lowest BCUT2D eigenvalue weighted by Crippen LogP contribution is -1.92. The van der Waals surface area contributed by atoms with Gasteiger partial charge in [0.15, 0.2) is 0 Å². The Labute approximate surface area is 134 Å². The van der Waals surface area contributed by atoms with Crippen molar-refractivity contribution in [2.24, 2.45) is 0 Å². The molecule has 1 aromatic rings. The molecule has 0 aromatic heterocycles. The molecule has 0 unspecified atom stereocenters. The summed E-state index contributed by atoms with van der Waals surface area (Å²) >= 11 is 0. The summed E-state index contributed by atoms with van der Waals surface area (Å²) in [5.74, 6) is 3.31. The lowest BCUT2D eigenvalue weighted by molar-refractivity contribution is 0.416. The second-order valence-corrected chi connectivity index (χ2v) is 5.72. The maximum atomic E-state index is 5.74. The molecule has 0 atom stereocenters. The monoisotopic (exact) mass is 298 g/mol. The van der Waals surface area contributed by atoms with Gasteiger partial charge < -0.3 is 9.47 Å². The van der Waals surface area contributed by atoms with Gasteiger partial charge >= 0.3 is 0 Å². The summed E-state index contributed by atoms with van der Waals surface area (Å²) < 4.78 is 11.5. The number of allylic oxidation sites excluding steroid dienone is 8. The molecule has 0 bridgehead atoms. The van der Waals surface area contributed by atoms with Gasteiger partial charge in [-0.2, -0.15) is 0 Å². The first kappa shape index (κ1) is 17.8. The van der Waals surface area contributed by atoms with E-state index < -0.39 is 0 Å². The summed E-state index contributed by atoms with van der Waals surface area (Å²) in [6.45, 7) is 12.1. The quantitative estimate of drug-likeness (QED) is 0.461. The Hall–Kier alpha value is -2.22. The molecule has 0 aliphatic heterocycles. The van der Waals surface area contributed by atoms with E-state index in [1.54, 1.807) is 0 Å². The van der Waals surface area contributed by atoms with E-state index in [9.17, 15) is 0 Å². The number of hydrogen-bond acceptors (Lipinski definition) is 2. The summed E-state index contributed by atoms with van der Waals surface area (Å²) in [6.07, 6.45) is 7.99. The van der Waals surface area contributed by atoms with Gasteiger partial charge in [0.25, 0.3) is 0 Å². The summed E-state index contributed by atoms with van der Waals surface area (Å²) in [4.78, 5) is 0. The van der Waals surface area contributed by atoms with E-state index in [1.165, 1.54) is 11.1 Å². The Balaban J connectivity index is 2.67. The van der Waals surface area contributed by atoms with Gasteiger partial charge in [-0.05, 0) is 78.0 Å². The third-order valence-corrected chi connectivity index (χ3v) is 2.68. The highest BCUT2D eigenvalue weighted by Crippen LogP contribution is 2.21. The van der Waals surface area contributed by atoms with Gasteiger partial charge in [0.05, 0.1) is 0 Å². The third kappa shape index (κ3) is 7.53. The molecule has 0 saturated carbocycles. The minimum absolute atomic E-state index is 0.800. The zero-order chi connectivity index (χ0) is 16.5. The Bertz CT molecular complexity index is 536. The second kappa shape index (κ2) is 8.93. The first-order chi connectivity index (χ1) is 10.4. The molecule has 0 radical (unpaired) electrons. The fourth-order valence-electron chi connectivity index (χ4n) is 1.58. The molecular formula is C20H26O2. The molecule has 1 rings (SSSR count). The lowest BCUT2D eigenvalue weighted by Gasteiger charge is -2.08. The number of ether oxygens (including phenoxy) is 2. The Morgan fingerprint density at radius 1 is 0.591 bits per heavy atom. The van der Waals surface area contributed by atoms with Crippen LogP contribution in [0, 0.1) is 0 Å². The zero-order valence-electron chi connectivity index (χ0n) is 14.4. The molecule has 0 aliphatic rings. The Morgan fingerprint density at radius 3 is 1.18 bits per heavy atom. The van der Waals surface area contributed by atoms with E-state index in [4.69, 9.17) is 9.47 Å². The smallest absolute Gasteiger partial charge is 0.127 e. The molecule has 0 N–H and O–H groups in total. The summed E-state index contributed by atoms with van der Waals surface area (Å²) in [7, 11) is 0. The van der Waals surface area contributed by atoms with Crippen molar-refractivity contribution in [3.05, 3.63) is 71.2 Å². The molecular weight excluding hydrogens is 272 g/mol. The molecule has 0 amide bonds. The summed E-state index contributed by atoms with van der Waals surface area (Å²) in [6, 6.07) is 7.62. The van der Waals surface area contributed by atoms with Crippen molar-refractivity contribution < 1.29 is 9.47 Å². The molecule has 22 heavy (non-hydrogen) atoms. The average Bonchev–Trinajstić information content (AvgIpc) is 2.45. The van der Waals surface area contributed by atoms with Crippen LogP contribution >= 0.6 is 0 Å². The van der Waals surface area contributed by atoms with Crippen LogP contribution in [-0.4, -0.2) is 0 Å². The lowest BCUT2D eigenvalue weighted by atomic mass is 10.3. The van der Waals surface area contributed by atoms with Gasteiger partial charge in [0.1, 0.15) is 23.0 Å². The molecule has 118 valence electrons. The fraction of sp³-hybridized carbons (Fsp3) is 0.300. The molecule has 0 saturated heterocycles. The number of rotatable bonds is 6. The van der Waals surface area contributed by atoms with E-state index in [-0.39, 0.29) is 0 Å². The van der Waals surface area contributed by atoms with E-state index in [0.29, 0.717) is 0 Å². The predicted octanol–water partition coefficient (Wildman–Crippen LogP) is 6.18. The summed E-state index contributed by atoms with van der Waals surface area (Å²) in [5, 5.41) is 0. The van der Waals surface area contributed by atoms with E-state index >= 15 is 0 Å². The van der Waals surface area contributed by atoms with Gasteiger partial charge in [-0.25, -0.2) is 0 Å². The van der Waals surface area contributed by atoms with Gasteiger partial charge in [-0.15, -0.1) is 0 Å². The zero-order valence-corrected chi connectivity index (χ0v) is 14.4.